The van der Waals surface area contributed by atoms with Gasteiger partial charge in [-0.1, -0.05) is 65.0 Å². The molecular formula is C24H46O6. The van der Waals surface area contributed by atoms with Crippen molar-refractivity contribution in [2.45, 2.75) is 117 Å². The van der Waals surface area contributed by atoms with E-state index in [9.17, 15) is 14.7 Å². The molecule has 0 amide bonds. The van der Waals surface area contributed by atoms with Crippen molar-refractivity contribution in [3.05, 3.63) is 24.3 Å². The molecule has 0 heterocycles. The van der Waals surface area contributed by atoms with Crippen LogP contribution in [0.15, 0.2) is 24.3 Å². The van der Waals surface area contributed by atoms with E-state index < -0.39 is 11.9 Å². The van der Waals surface area contributed by atoms with Crippen LogP contribution in [-0.2, 0) is 9.59 Å². The van der Waals surface area contributed by atoms with Crippen LogP contribution in [0.4, 0.5) is 0 Å². The van der Waals surface area contributed by atoms with Gasteiger partial charge in [0.15, 0.2) is 0 Å². The van der Waals surface area contributed by atoms with E-state index in [4.69, 9.17) is 15.3 Å². The molecule has 0 aliphatic heterocycles. The molecular weight excluding hydrogens is 384 g/mol. The van der Waals surface area contributed by atoms with Crippen molar-refractivity contribution in [2.75, 3.05) is 0 Å². The van der Waals surface area contributed by atoms with Crippen LogP contribution in [0.1, 0.15) is 105 Å². The van der Waals surface area contributed by atoms with Crippen LogP contribution in [0.5, 0.6) is 0 Å². The maximum absolute atomic E-state index is 10.2. The number of aliphatic hydroxyl groups excluding tert-OH is 2. The Morgan fingerprint density at radius 2 is 1.13 bits per heavy atom. The maximum atomic E-state index is 10.2. The number of aliphatic carboxylic acids is 2. The lowest BCUT2D eigenvalue weighted by Gasteiger charge is -2.06. The molecule has 0 aliphatic rings. The molecule has 0 spiro atoms. The van der Waals surface area contributed by atoms with E-state index >= 15 is 0 Å². The van der Waals surface area contributed by atoms with Crippen molar-refractivity contribution in [2.24, 2.45) is 0 Å². The van der Waals surface area contributed by atoms with Crippen molar-refractivity contribution in [1.82, 2.24) is 0 Å². The van der Waals surface area contributed by atoms with Crippen molar-refractivity contribution in [1.29, 1.82) is 0 Å². The molecule has 178 valence electrons. The number of carboxylic acid groups (broad SMARTS) is 2. The third-order valence-corrected chi connectivity index (χ3v) is 4.39. The lowest BCUT2D eigenvalue weighted by atomic mass is 10.1. The molecule has 0 bridgehead atoms. The zero-order chi connectivity index (χ0) is 22.3. The minimum absolute atomic E-state index is 0. The lowest BCUT2D eigenvalue weighted by molar-refractivity contribution is -0.132. The lowest BCUT2D eigenvalue weighted by Crippen LogP contribution is -2.03. The number of carboxylic acids is 2. The molecule has 0 radical (unpaired) electrons. The molecule has 0 saturated carbocycles. The predicted octanol–water partition coefficient (Wildman–Crippen LogP) is 5.72. The predicted molar refractivity (Wildman–Crippen MR) is 124 cm³/mol. The van der Waals surface area contributed by atoms with Crippen LogP contribution in [0.25, 0.3) is 0 Å². The monoisotopic (exact) mass is 430 g/mol. The van der Waals surface area contributed by atoms with Gasteiger partial charge in [-0.15, -0.1) is 0 Å². The summed E-state index contributed by atoms with van der Waals surface area (Å²) in [5, 5.41) is 34.9. The SMILES string of the molecule is C.CC[C@H](O)CCCCCCC/C=C/C(=O)O.C[C@@H](O)CCCCC/C=C/C(=O)O. The summed E-state index contributed by atoms with van der Waals surface area (Å²) in [6, 6.07) is 0. The van der Waals surface area contributed by atoms with E-state index in [1.165, 1.54) is 25.0 Å². The maximum Gasteiger partial charge on any atom is 0.327 e. The largest absolute Gasteiger partial charge is 0.478 e. The Morgan fingerprint density at radius 3 is 1.57 bits per heavy atom. The van der Waals surface area contributed by atoms with Crippen LogP contribution >= 0.6 is 0 Å². The zero-order valence-electron chi connectivity index (χ0n) is 18.3. The topological polar surface area (TPSA) is 115 Å². The fourth-order valence-corrected chi connectivity index (χ4v) is 2.62. The second-order valence-electron chi connectivity index (χ2n) is 7.38. The zero-order valence-corrected chi connectivity index (χ0v) is 18.3. The molecule has 0 saturated heterocycles. The standard InChI is InChI=1S/C13H24O3.C10H18O3.CH4/c1-2-12(14)10-8-6-4-3-5-7-9-11-13(15)16;1-9(11)7-5-3-2-4-6-8-10(12)13;/h9,11-12,14H,2-8,10H2,1H3,(H,15,16);6,8-9,11H,2-5,7H2,1H3,(H,12,13);1H4/b11-9+;8-6+;/t12-;9-;/m01./s1. The van der Waals surface area contributed by atoms with E-state index in [0.717, 1.165) is 70.6 Å². The van der Waals surface area contributed by atoms with Crippen molar-refractivity contribution in [3.8, 4) is 0 Å². The Balaban J connectivity index is -0.000000480. The Hall–Kier alpha value is -1.66. The first kappa shape index (κ1) is 33.0. The first-order valence-electron chi connectivity index (χ1n) is 10.9. The third-order valence-electron chi connectivity index (χ3n) is 4.39. The Bertz CT molecular complexity index is 443. The highest BCUT2D eigenvalue weighted by atomic mass is 16.4. The van der Waals surface area contributed by atoms with E-state index in [1.54, 1.807) is 19.1 Å². The summed E-state index contributed by atoms with van der Waals surface area (Å²) in [7, 11) is 0. The first-order chi connectivity index (χ1) is 13.8. The summed E-state index contributed by atoms with van der Waals surface area (Å²) in [6.07, 6.45) is 18.4. The average Bonchev–Trinajstić information content (AvgIpc) is 2.65. The number of unbranched alkanes of at least 4 members (excludes halogenated alkanes) is 8. The summed E-state index contributed by atoms with van der Waals surface area (Å²) in [4.78, 5) is 20.2. The van der Waals surface area contributed by atoms with Crippen molar-refractivity contribution < 1.29 is 30.0 Å². The number of carbonyl (C=O) groups is 2. The van der Waals surface area contributed by atoms with Gasteiger partial charge >= 0.3 is 11.9 Å². The average molecular weight is 431 g/mol. The van der Waals surface area contributed by atoms with Gasteiger partial charge in [0.1, 0.15) is 0 Å². The quantitative estimate of drug-likeness (QED) is 0.173. The van der Waals surface area contributed by atoms with Gasteiger partial charge in [0, 0.05) is 12.2 Å². The molecule has 4 N–H and O–H groups in total. The Morgan fingerprint density at radius 1 is 0.733 bits per heavy atom. The minimum Gasteiger partial charge on any atom is -0.478 e. The molecule has 30 heavy (non-hydrogen) atoms. The van der Waals surface area contributed by atoms with Gasteiger partial charge in [0.25, 0.3) is 0 Å². The molecule has 0 aromatic rings. The van der Waals surface area contributed by atoms with Gasteiger partial charge in [-0.05, 0) is 51.9 Å². The van der Waals surface area contributed by atoms with E-state index in [2.05, 4.69) is 0 Å². The van der Waals surface area contributed by atoms with E-state index in [-0.39, 0.29) is 19.6 Å². The van der Waals surface area contributed by atoms with Crippen LogP contribution in [0.3, 0.4) is 0 Å². The van der Waals surface area contributed by atoms with Gasteiger partial charge in [0.2, 0.25) is 0 Å². The van der Waals surface area contributed by atoms with Crippen LogP contribution < -0.4 is 0 Å². The molecule has 0 rings (SSSR count). The third kappa shape index (κ3) is 33.9. The molecule has 0 aromatic heterocycles. The van der Waals surface area contributed by atoms with Crippen molar-refractivity contribution in [3.63, 3.8) is 0 Å². The minimum atomic E-state index is -0.885. The molecule has 6 nitrogen and oxygen atoms in total. The fraction of sp³-hybridized carbons (Fsp3) is 0.750. The number of aliphatic hydroxyl groups is 2. The molecule has 0 aromatic carbocycles. The molecule has 2 atom stereocenters. The molecule has 0 aliphatic carbocycles. The molecule has 6 heteroatoms. The smallest absolute Gasteiger partial charge is 0.327 e. The van der Waals surface area contributed by atoms with Crippen molar-refractivity contribution >= 4 is 11.9 Å². The summed E-state index contributed by atoms with van der Waals surface area (Å²) < 4.78 is 0. The fourth-order valence-electron chi connectivity index (χ4n) is 2.62. The molecule has 0 unspecified atom stereocenters. The van der Waals surface area contributed by atoms with Gasteiger partial charge in [0.05, 0.1) is 12.2 Å². The highest BCUT2D eigenvalue weighted by Crippen LogP contribution is 2.10. The van der Waals surface area contributed by atoms with E-state index in [0.29, 0.717) is 0 Å². The summed E-state index contributed by atoms with van der Waals surface area (Å²) in [5.74, 6) is -1.75. The number of rotatable bonds is 17. The second-order valence-corrected chi connectivity index (χ2v) is 7.38. The highest BCUT2D eigenvalue weighted by Gasteiger charge is 1.99. The van der Waals surface area contributed by atoms with Crippen LogP contribution in [0, 0.1) is 0 Å². The second kappa shape index (κ2) is 25.4. The highest BCUT2D eigenvalue weighted by molar-refractivity contribution is 5.79. The van der Waals surface area contributed by atoms with Crippen LogP contribution in [-0.4, -0.2) is 44.6 Å². The summed E-state index contributed by atoms with van der Waals surface area (Å²) in [6.45, 7) is 3.78. The summed E-state index contributed by atoms with van der Waals surface area (Å²) >= 11 is 0. The van der Waals surface area contributed by atoms with Gasteiger partial charge in [-0.25, -0.2) is 9.59 Å². The number of hydrogen-bond acceptors (Lipinski definition) is 4. The summed E-state index contributed by atoms with van der Waals surface area (Å²) in [5.41, 5.74) is 0. The van der Waals surface area contributed by atoms with E-state index in [1.807, 2.05) is 6.92 Å². The Labute approximate surface area is 183 Å². The number of allylic oxidation sites excluding steroid dienone is 2. The normalized spacial score (nSPS) is 12.8. The Kier molecular flexibility index (Phi) is 27.9. The number of hydrogen-bond donors (Lipinski definition) is 4. The van der Waals surface area contributed by atoms with Gasteiger partial charge in [-0.3, -0.25) is 0 Å². The van der Waals surface area contributed by atoms with Gasteiger partial charge in [-0.2, -0.15) is 0 Å². The van der Waals surface area contributed by atoms with Crippen LogP contribution in [0.2, 0.25) is 0 Å². The van der Waals surface area contributed by atoms with Gasteiger partial charge < -0.3 is 20.4 Å². The first-order valence-corrected chi connectivity index (χ1v) is 10.9. The molecule has 0 fully saturated rings.